The molecule has 0 aliphatic rings. The Balaban J connectivity index is 2.64. The van der Waals surface area contributed by atoms with Crippen molar-refractivity contribution in [1.82, 2.24) is 5.32 Å². The third-order valence-electron chi connectivity index (χ3n) is 2.33. The Labute approximate surface area is 95.2 Å². The van der Waals surface area contributed by atoms with Crippen LogP contribution in [0.4, 0.5) is 0 Å². The molecule has 16 heavy (non-hydrogen) atoms. The van der Waals surface area contributed by atoms with Crippen LogP contribution in [0.5, 0.6) is 5.75 Å². The molecular weight excluding hydrogens is 206 g/mol. The fourth-order valence-corrected chi connectivity index (χ4v) is 1.38. The summed E-state index contributed by atoms with van der Waals surface area (Å²) in [6, 6.07) is 6.69. The number of benzene rings is 1. The van der Waals surface area contributed by atoms with Crippen molar-refractivity contribution >= 4 is 5.78 Å². The molecule has 0 fully saturated rings. The minimum atomic E-state index is -0.291. The van der Waals surface area contributed by atoms with E-state index in [9.17, 15) is 4.79 Å². The molecule has 0 spiro atoms. The summed E-state index contributed by atoms with van der Waals surface area (Å²) < 4.78 is 5.01. The van der Waals surface area contributed by atoms with Gasteiger partial charge in [0.05, 0.1) is 19.8 Å². The van der Waals surface area contributed by atoms with Crippen LogP contribution in [0.15, 0.2) is 24.3 Å². The van der Waals surface area contributed by atoms with Crippen LogP contribution in [0.2, 0.25) is 0 Å². The Morgan fingerprint density at radius 3 is 2.56 bits per heavy atom. The van der Waals surface area contributed by atoms with E-state index in [1.165, 1.54) is 0 Å². The van der Waals surface area contributed by atoms with Gasteiger partial charge >= 0.3 is 0 Å². The molecule has 0 aromatic heterocycles. The SMILES string of the molecule is COc1ccc(C(=O)C(C)NCCO)cc1. The zero-order chi connectivity index (χ0) is 12.0. The van der Waals surface area contributed by atoms with Crippen LogP contribution in [0.1, 0.15) is 17.3 Å². The van der Waals surface area contributed by atoms with E-state index >= 15 is 0 Å². The Morgan fingerprint density at radius 2 is 2.06 bits per heavy atom. The van der Waals surface area contributed by atoms with Gasteiger partial charge < -0.3 is 15.2 Å². The molecule has 0 amide bonds. The van der Waals surface area contributed by atoms with E-state index in [2.05, 4.69) is 5.32 Å². The van der Waals surface area contributed by atoms with Gasteiger partial charge in [-0.25, -0.2) is 0 Å². The molecule has 0 heterocycles. The number of methoxy groups -OCH3 is 1. The van der Waals surface area contributed by atoms with Crippen molar-refractivity contribution in [1.29, 1.82) is 0 Å². The molecule has 1 aromatic rings. The molecule has 0 aliphatic heterocycles. The molecule has 1 aromatic carbocycles. The van der Waals surface area contributed by atoms with Gasteiger partial charge in [0.1, 0.15) is 5.75 Å². The first-order chi connectivity index (χ1) is 7.69. The number of carbonyl (C=O) groups excluding carboxylic acids is 1. The highest BCUT2D eigenvalue weighted by Crippen LogP contribution is 2.12. The van der Waals surface area contributed by atoms with Crippen LogP contribution in [0, 0.1) is 0 Å². The van der Waals surface area contributed by atoms with Gasteiger partial charge in [0.25, 0.3) is 0 Å². The number of carbonyl (C=O) groups is 1. The van der Waals surface area contributed by atoms with E-state index in [1.54, 1.807) is 38.3 Å². The van der Waals surface area contributed by atoms with Gasteiger partial charge in [0.15, 0.2) is 5.78 Å². The maximum absolute atomic E-state index is 11.9. The topological polar surface area (TPSA) is 58.6 Å². The quantitative estimate of drug-likeness (QED) is 0.702. The maximum atomic E-state index is 11.9. The number of nitrogens with one attached hydrogen (secondary N) is 1. The molecule has 4 heteroatoms. The number of aliphatic hydroxyl groups is 1. The Morgan fingerprint density at radius 1 is 1.44 bits per heavy atom. The van der Waals surface area contributed by atoms with Gasteiger partial charge in [-0.3, -0.25) is 4.79 Å². The molecule has 2 N–H and O–H groups in total. The van der Waals surface area contributed by atoms with Gasteiger partial charge in [-0.15, -0.1) is 0 Å². The smallest absolute Gasteiger partial charge is 0.179 e. The van der Waals surface area contributed by atoms with Gasteiger partial charge in [-0.1, -0.05) is 0 Å². The predicted molar refractivity (Wildman–Crippen MR) is 61.9 cm³/mol. The Bertz CT molecular complexity index is 335. The predicted octanol–water partition coefficient (Wildman–Crippen LogP) is 0.848. The summed E-state index contributed by atoms with van der Waals surface area (Å²) in [6.45, 7) is 2.23. The first-order valence-electron chi connectivity index (χ1n) is 5.21. The van der Waals surface area contributed by atoms with Crippen molar-refractivity contribution in [2.45, 2.75) is 13.0 Å². The van der Waals surface area contributed by atoms with Crippen LogP contribution in [-0.4, -0.2) is 37.2 Å². The second-order valence-corrected chi connectivity index (χ2v) is 3.49. The third kappa shape index (κ3) is 3.32. The lowest BCUT2D eigenvalue weighted by atomic mass is 10.1. The van der Waals surface area contributed by atoms with E-state index in [0.717, 1.165) is 5.75 Å². The van der Waals surface area contributed by atoms with E-state index in [4.69, 9.17) is 9.84 Å². The molecule has 0 radical (unpaired) electrons. The van der Waals surface area contributed by atoms with Crippen LogP contribution < -0.4 is 10.1 Å². The molecule has 1 atom stereocenters. The summed E-state index contributed by atoms with van der Waals surface area (Å²) in [5.74, 6) is 0.739. The lowest BCUT2D eigenvalue weighted by Crippen LogP contribution is -2.35. The van der Waals surface area contributed by atoms with Crippen LogP contribution in [0.3, 0.4) is 0 Å². The van der Waals surface area contributed by atoms with E-state index in [-0.39, 0.29) is 18.4 Å². The second kappa shape index (κ2) is 6.25. The van der Waals surface area contributed by atoms with Gasteiger partial charge in [-0.05, 0) is 31.2 Å². The van der Waals surface area contributed by atoms with Crippen molar-refractivity contribution in [3.8, 4) is 5.75 Å². The monoisotopic (exact) mass is 223 g/mol. The van der Waals surface area contributed by atoms with Crippen LogP contribution >= 0.6 is 0 Å². The lowest BCUT2D eigenvalue weighted by molar-refractivity contribution is 0.0948. The number of rotatable bonds is 6. The van der Waals surface area contributed by atoms with E-state index < -0.39 is 0 Å². The van der Waals surface area contributed by atoms with E-state index in [0.29, 0.717) is 12.1 Å². The number of Topliss-reactive ketones (excluding diaryl/α,β-unsaturated/α-hetero) is 1. The minimum absolute atomic E-state index is 0.0103. The molecule has 0 aliphatic carbocycles. The van der Waals surface area contributed by atoms with Gasteiger partial charge in [0, 0.05) is 12.1 Å². The van der Waals surface area contributed by atoms with Gasteiger partial charge in [-0.2, -0.15) is 0 Å². The average Bonchev–Trinajstić information content (AvgIpc) is 2.35. The van der Waals surface area contributed by atoms with E-state index in [1.807, 2.05) is 0 Å². The standard InChI is InChI=1S/C12H17NO3/c1-9(13-7-8-14)12(15)10-3-5-11(16-2)6-4-10/h3-6,9,13-14H,7-8H2,1-2H3. The highest BCUT2D eigenvalue weighted by Gasteiger charge is 2.13. The van der Waals surface area contributed by atoms with Crippen molar-refractivity contribution in [3.05, 3.63) is 29.8 Å². The summed E-state index contributed by atoms with van der Waals surface area (Å²) in [5, 5.41) is 11.6. The number of aliphatic hydroxyl groups excluding tert-OH is 1. The number of hydrogen-bond donors (Lipinski definition) is 2. The first kappa shape index (κ1) is 12.7. The summed E-state index contributed by atoms with van der Waals surface area (Å²) in [4.78, 5) is 11.9. The van der Waals surface area contributed by atoms with Crippen molar-refractivity contribution < 1.29 is 14.6 Å². The summed E-state index contributed by atoms with van der Waals surface area (Å²) in [6.07, 6.45) is 0. The highest BCUT2D eigenvalue weighted by atomic mass is 16.5. The molecule has 0 saturated heterocycles. The summed E-state index contributed by atoms with van der Waals surface area (Å²) in [5.41, 5.74) is 0.638. The second-order valence-electron chi connectivity index (χ2n) is 3.49. The number of ether oxygens (including phenoxy) is 1. The molecule has 4 nitrogen and oxygen atoms in total. The largest absolute Gasteiger partial charge is 0.497 e. The summed E-state index contributed by atoms with van der Waals surface area (Å²) >= 11 is 0. The number of ketones is 1. The third-order valence-corrected chi connectivity index (χ3v) is 2.33. The van der Waals surface area contributed by atoms with Crippen LogP contribution in [0.25, 0.3) is 0 Å². The fourth-order valence-electron chi connectivity index (χ4n) is 1.38. The fraction of sp³-hybridized carbons (Fsp3) is 0.417. The first-order valence-corrected chi connectivity index (χ1v) is 5.21. The van der Waals surface area contributed by atoms with Crippen molar-refractivity contribution in [2.75, 3.05) is 20.3 Å². The highest BCUT2D eigenvalue weighted by molar-refractivity contribution is 5.99. The van der Waals surface area contributed by atoms with Crippen molar-refractivity contribution in [2.24, 2.45) is 0 Å². The molecular formula is C12H17NO3. The Kier molecular flexibility index (Phi) is 4.95. The maximum Gasteiger partial charge on any atom is 0.179 e. The molecule has 1 unspecified atom stereocenters. The number of hydrogen-bond acceptors (Lipinski definition) is 4. The molecule has 88 valence electrons. The molecule has 0 bridgehead atoms. The van der Waals surface area contributed by atoms with Crippen molar-refractivity contribution in [3.63, 3.8) is 0 Å². The van der Waals surface area contributed by atoms with Crippen LogP contribution in [-0.2, 0) is 0 Å². The Hall–Kier alpha value is -1.39. The molecule has 1 rings (SSSR count). The zero-order valence-electron chi connectivity index (χ0n) is 9.56. The minimum Gasteiger partial charge on any atom is -0.497 e. The average molecular weight is 223 g/mol. The van der Waals surface area contributed by atoms with Gasteiger partial charge in [0.2, 0.25) is 0 Å². The molecule has 0 saturated carbocycles. The lowest BCUT2D eigenvalue weighted by Gasteiger charge is -2.11. The zero-order valence-corrected chi connectivity index (χ0v) is 9.56. The summed E-state index contributed by atoms with van der Waals surface area (Å²) in [7, 11) is 1.59. The normalized spacial score (nSPS) is 12.2.